The second kappa shape index (κ2) is 12.6. The third-order valence-corrected chi connectivity index (χ3v) is 11.0. The molecule has 11 rings (SSSR count). The second-order valence-corrected chi connectivity index (χ2v) is 14.1. The van der Waals surface area contributed by atoms with Crippen molar-refractivity contribution in [3.8, 4) is 27.9 Å². The highest BCUT2D eigenvalue weighted by molar-refractivity contribution is 6.21. The van der Waals surface area contributed by atoms with Crippen molar-refractivity contribution >= 4 is 71.6 Å². The number of aromatic nitrogens is 1. The molecule has 3 heteroatoms. The number of fused-ring (bicyclic) bond motifs is 8. The zero-order chi connectivity index (χ0) is 36.3. The molecule has 11 aromatic rings. The van der Waals surface area contributed by atoms with Gasteiger partial charge in [-0.2, -0.15) is 0 Å². The maximum absolute atomic E-state index is 6.85. The van der Waals surface area contributed by atoms with E-state index in [1.807, 2.05) is 0 Å². The van der Waals surface area contributed by atoms with E-state index in [-0.39, 0.29) is 0 Å². The quantitative estimate of drug-likeness (QED) is 0.172. The molecule has 2 aromatic heterocycles. The van der Waals surface area contributed by atoms with E-state index in [0.29, 0.717) is 0 Å². The number of furan rings is 1. The molecule has 9 aromatic carbocycles. The molecule has 2 heterocycles. The number of rotatable bonds is 6. The Bertz CT molecular complexity index is 3190. The van der Waals surface area contributed by atoms with Crippen LogP contribution in [0.3, 0.4) is 0 Å². The molecule has 0 N–H and O–H groups in total. The van der Waals surface area contributed by atoms with E-state index < -0.39 is 0 Å². The molecule has 258 valence electrons. The Morgan fingerprint density at radius 3 is 1.82 bits per heavy atom. The van der Waals surface area contributed by atoms with Crippen molar-refractivity contribution in [2.75, 3.05) is 4.90 Å². The topological polar surface area (TPSA) is 21.3 Å². The first-order valence-electron chi connectivity index (χ1n) is 18.8. The molecule has 0 aliphatic rings. The van der Waals surface area contributed by atoms with Crippen LogP contribution >= 0.6 is 0 Å². The van der Waals surface area contributed by atoms with Gasteiger partial charge in [0.05, 0.1) is 16.7 Å². The molecule has 0 amide bonds. The largest absolute Gasteiger partial charge is 0.454 e. The first-order valence-corrected chi connectivity index (χ1v) is 18.8. The Balaban J connectivity index is 1.14. The summed E-state index contributed by atoms with van der Waals surface area (Å²) < 4.78 is 9.21. The number of nitrogens with zero attached hydrogens (tertiary/aromatic N) is 2. The lowest BCUT2D eigenvalue weighted by molar-refractivity contribution is 0.669. The summed E-state index contributed by atoms with van der Waals surface area (Å²) in [5.74, 6) is 0. The van der Waals surface area contributed by atoms with Crippen molar-refractivity contribution in [3.63, 3.8) is 0 Å². The fourth-order valence-corrected chi connectivity index (χ4v) is 8.51. The molecule has 0 saturated carbocycles. The van der Waals surface area contributed by atoms with E-state index in [0.717, 1.165) is 55.8 Å². The van der Waals surface area contributed by atoms with Crippen molar-refractivity contribution < 1.29 is 4.42 Å². The van der Waals surface area contributed by atoms with Crippen LogP contribution in [0.2, 0.25) is 0 Å². The van der Waals surface area contributed by atoms with Gasteiger partial charge in [0, 0.05) is 38.6 Å². The minimum atomic E-state index is 0.860. The average molecular weight is 703 g/mol. The monoisotopic (exact) mass is 702 g/mol. The summed E-state index contributed by atoms with van der Waals surface area (Å²) in [5, 5.41) is 7.04. The fraction of sp³-hybridized carbons (Fsp3) is 0. The number of hydrogen-bond acceptors (Lipinski definition) is 2. The molecular formula is C52H34N2O. The lowest BCUT2D eigenvalue weighted by Gasteiger charge is -2.26. The van der Waals surface area contributed by atoms with Crippen molar-refractivity contribution in [1.29, 1.82) is 0 Å². The standard InChI is InChI=1S/C52H34N2O/c1-3-14-35(15-4-1)41-19-9-10-20-42(41)37-26-29-39(30-27-37)53(49-25-13-23-45-51-43-21-8-7-16-36(43)28-33-50(51)55-52(45)49)40-31-32-48-46(34-40)44-22-11-12-24-47(44)54(48)38-17-5-2-6-18-38/h1-34H. The molecule has 0 aliphatic heterocycles. The fourth-order valence-electron chi connectivity index (χ4n) is 8.51. The van der Waals surface area contributed by atoms with Crippen molar-refractivity contribution in [2.24, 2.45) is 0 Å². The van der Waals surface area contributed by atoms with Gasteiger partial charge in [-0.1, -0.05) is 146 Å². The van der Waals surface area contributed by atoms with Gasteiger partial charge in [-0.25, -0.2) is 0 Å². The van der Waals surface area contributed by atoms with Crippen LogP contribution in [-0.2, 0) is 0 Å². The molecule has 3 nitrogen and oxygen atoms in total. The van der Waals surface area contributed by atoms with Crippen LogP contribution in [0.1, 0.15) is 0 Å². The molecule has 0 fully saturated rings. The summed E-state index contributed by atoms with van der Waals surface area (Å²) in [5.41, 5.74) is 13.1. The van der Waals surface area contributed by atoms with Crippen molar-refractivity contribution in [3.05, 3.63) is 206 Å². The molecule has 0 bridgehead atoms. The van der Waals surface area contributed by atoms with Crippen LogP contribution < -0.4 is 4.90 Å². The zero-order valence-corrected chi connectivity index (χ0v) is 29.9. The van der Waals surface area contributed by atoms with Gasteiger partial charge in [-0.05, 0) is 93.7 Å². The maximum Gasteiger partial charge on any atom is 0.159 e. The summed E-state index contributed by atoms with van der Waals surface area (Å²) in [7, 11) is 0. The molecule has 0 radical (unpaired) electrons. The Kier molecular flexibility index (Phi) is 7.17. The Labute approximate surface area is 318 Å². The summed E-state index contributed by atoms with van der Waals surface area (Å²) in [6.07, 6.45) is 0. The summed E-state index contributed by atoms with van der Waals surface area (Å²) in [4.78, 5) is 2.36. The predicted octanol–water partition coefficient (Wildman–Crippen LogP) is 14.6. The van der Waals surface area contributed by atoms with Gasteiger partial charge < -0.3 is 13.9 Å². The molecule has 0 aliphatic carbocycles. The van der Waals surface area contributed by atoms with E-state index in [4.69, 9.17) is 4.42 Å². The third kappa shape index (κ3) is 5.05. The van der Waals surface area contributed by atoms with Gasteiger partial charge in [0.15, 0.2) is 5.58 Å². The van der Waals surface area contributed by atoms with E-state index in [2.05, 4.69) is 216 Å². The summed E-state index contributed by atoms with van der Waals surface area (Å²) in [6, 6.07) is 73.8. The van der Waals surface area contributed by atoms with Gasteiger partial charge in [0.2, 0.25) is 0 Å². The molecular weight excluding hydrogens is 669 g/mol. The zero-order valence-electron chi connectivity index (χ0n) is 29.9. The van der Waals surface area contributed by atoms with Gasteiger partial charge >= 0.3 is 0 Å². The number of hydrogen-bond donors (Lipinski definition) is 0. The third-order valence-electron chi connectivity index (χ3n) is 11.0. The highest BCUT2D eigenvalue weighted by atomic mass is 16.3. The number of anilines is 3. The van der Waals surface area contributed by atoms with E-state index in [9.17, 15) is 0 Å². The smallest absolute Gasteiger partial charge is 0.159 e. The van der Waals surface area contributed by atoms with Crippen LogP contribution in [-0.4, -0.2) is 4.57 Å². The first kappa shape index (κ1) is 31.2. The normalized spacial score (nSPS) is 11.6. The number of para-hydroxylation sites is 3. The van der Waals surface area contributed by atoms with Gasteiger partial charge in [-0.3, -0.25) is 0 Å². The SMILES string of the molecule is c1ccc(-c2ccccc2-c2ccc(N(c3ccc4c(c3)c3ccccc3n4-c3ccccc3)c3cccc4c3oc3ccc5ccccc5c34)cc2)cc1. The minimum Gasteiger partial charge on any atom is -0.454 e. The first-order chi connectivity index (χ1) is 27.3. The van der Waals surface area contributed by atoms with Crippen LogP contribution in [0.5, 0.6) is 0 Å². The molecule has 0 atom stereocenters. The average Bonchev–Trinajstić information content (AvgIpc) is 3.81. The Morgan fingerprint density at radius 1 is 0.400 bits per heavy atom. The summed E-state index contributed by atoms with van der Waals surface area (Å²) in [6.45, 7) is 0. The van der Waals surface area contributed by atoms with Crippen LogP contribution in [0.25, 0.3) is 82.5 Å². The lowest BCUT2D eigenvalue weighted by atomic mass is 9.94. The van der Waals surface area contributed by atoms with Gasteiger partial charge in [0.25, 0.3) is 0 Å². The van der Waals surface area contributed by atoms with Crippen molar-refractivity contribution in [1.82, 2.24) is 4.57 Å². The molecule has 55 heavy (non-hydrogen) atoms. The highest BCUT2D eigenvalue weighted by Crippen LogP contribution is 2.46. The van der Waals surface area contributed by atoms with Crippen molar-refractivity contribution in [2.45, 2.75) is 0 Å². The second-order valence-electron chi connectivity index (χ2n) is 14.1. The lowest BCUT2D eigenvalue weighted by Crippen LogP contribution is -2.10. The number of benzene rings is 9. The van der Waals surface area contributed by atoms with Crippen LogP contribution in [0, 0.1) is 0 Å². The molecule has 0 unspecified atom stereocenters. The van der Waals surface area contributed by atoms with Gasteiger partial charge in [-0.15, -0.1) is 0 Å². The highest BCUT2D eigenvalue weighted by Gasteiger charge is 2.22. The predicted molar refractivity (Wildman–Crippen MR) is 231 cm³/mol. The maximum atomic E-state index is 6.85. The molecule has 0 spiro atoms. The van der Waals surface area contributed by atoms with E-state index >= 15 is 0 Å². The summed E-state index contributed by atoms with van der Waals surface area (Å²) >= 11 is 0. The van der Waals surface area contributed by atoms with Gasteiger partial charge in [0.1, 0.15) is 5.58 Å². The van der Waals surface area contributed by atoms with E-state index in [1.165, 1.54) is 43.8 Å². The Morgan fingerprint density at radius 2 is 1.02 bits per heavy atom. The minimum absolute atomic E-state index is 0.860. The van der Waals surface area contributed by atoms with Crippen LogP contribution in [0.15, 0.2) is 211 Å². The Hall–Kier alpha value is -7.36. The molecule has 0 saturated heterocycles. The van der Waals surface area contributed by atoms with Crippen LogP contribution in [0.4, 0.5) is 17.1 Å². The van der Waals surface area contributed by atoms with E-state index in [1.54, 1.807) is 0 Å².